The number of amides is 1. The number of aromatic carboxylic acids is 1. The van der Waals surface area contributed by atoms with Gasteiger partial charge in [-0.3, -0.25) is 4.79 Å². The molecule has 1 amide bonds. The van der Waals surface area contributed by atoms with Crippen LogP contribution in [0.15, 0.2) is 48.5 Å². The predicted molar refractivity (Wildman–Crippen MR) is 88.0 cm³/mol. The minimum Gasteiger partial charge on any atom is -0.478 e. The standard InChI is InChI=1S/C18H18FNO4/c1-24-12-6-11-20(17(21)13-7-3-2-4-8-13)15-10-5-9-14(16(15)19)18(22)23/h2-5,7-10H,6,11-12H2,1H3,(H,22,23). The molecule has 0 aliphatic rings. The van der Waals surface area contributed by atoms with Crippen LogP contribution in [-0.4, -0.2) is 37.2 Å². The van der Waals surface area contributed by atoms with Gasteiger partial charge in [0.25, 0.3) is 5.91 Å². The Morgan fingerprint density at radius 3 is 2.46 bits per heavy atom. The van der Waals surface area contributed by atoms with Gasteiger partial charge in [0.15, 0.2) is 5.82 Å². The number of carbonyl (C=O) groups is 2. The van der Waals surface area contributed by atoms with Gasteiger partial charge in [0, 0.05) is 25.8 Å². The van der Waals surface area contributed by atoms with E-state index in [0.29, 0.717) is 18.6 Å². The van der Waals surface area contributed by atoms with Crippen LogP contribution in [0, 0.1) is 5.82 Å². The third-order valence-corrected chi connectivity index (χ3v) is 3.50. The van der Waals surface area contributed by atoms with Crippen molar-refractivity contribution < 1.29 is 23.8 Å². The van der Waals surface area contributed by atoms with Crippen LogP contribution in [0.3, 0.4) is 0 Å². The van der Waals surface area contributed by atoms with E-state index in [-0.39, 0.29) is 12.2 Å². The van der Waals surface area contributed by atoms with Crippen LogP contribution < -0.4 is 4.90 Å². The van der Waals surface area contributed by atoms with Crippen molar-refractivity contribution in [3.63, 3.8) is 0 Å². The van der Waals surface area contributed by atoms with Crippen molar-refractivity contribution in [2.24, 2.45) is 0 Å². The number of halogens is 1. The maximum absolute atomic E-state index is 14.6. The van der Waals surface area contributed by atoms with Crippen molar-refractivity contribution in [3.05, 3.63) is 65.5 Å². The van der Waals surface area contributed by atoms with Crippen molar-refractivity contribution in [2.75, 3.05) is 25.2 Å². The Labute approximate surface area is 139 Å². The summed E-state index contributed by atoms with van der Waals surface area (Å²) in [6.07, 6.45) is 0.492. The zero-order valence-electron chi connectivity index (χ0n) is 13.2. The fraction of sp³-hybridized carbons (Fsp3) is 0.222. The van der Waals surface area contributed by atoms with Crippen LogP contribution in [0.25, 0.3) is 0 Å². The second-order valence-electron chi connectivity index (χ2n) is 5.11. The quantitative estimate of drug-likeness (QED) is 0.791. The van der Waals surface area contributed by atoms with Gasteiger partial charge in [-0.25, -0.2) is 9.18 Å². The SMILES string of the molecule is COCCCN(C(=O)c1ccccc1)c1cccc(C(=O)O)c1F. The minimum absolute atomic E-state index is 0.0557. The van der Waals surface area contributed by atoms with Crippen LogP contribution in [0.5, 0.6) is 0 Å². The van der Waals surface area contributed by atoms with Gasteiger partial charge in [0.1, 0.15) is 0 Å². The van der Waals surface area contributed by atoms with Crippen molar-refractivity contribution >= 4 is 17.6 Å². The molecule has 24 heavy (non-hydrogen) atoms. The van der Waals surface area contributed by atoms with E-state index in [4.69, 9.17) is 9.84 Å². The molecule has 0 atom stereocenters. The van der Waals surface area contributed by atoms with Crippen LogP contribution in [0.2, 0.25) is 0 Å². The zero-order chi connectivity index (χ0) is 17.5. The first kappa shape index (κ1) is 17.6. The maximum atomic E-state index is 14.6. The fourth-order valence-corrected chi connectivity index (χ4v) is 2.33. The molecule has 2 rings (SSSR count). The van der Waals surface area contributed by atoms with Gasteiger partial charge in [0.05, 0.1) is 11.3 Å². The van der Waals surface area contributed by atoms with Gasteiger partial charge in [0.2, 0.25) is 0 Å². The predicted octanol–water partition coefficient (Wildman–Crippen LogP) is 3.21. The lowest BCUT2D eigenvalue weighted by Gasteiger charge is -2.24. The Morgan fingerprint density at radius 2 is 1.83 bits per heavy atom. The summed E-state index contributed by atoms with van der Waals surface area (Å²) in [5.41, 5.74) is -0.125. The Hall–Kier alpha value is -2.73. The number of anilines is 1. The first-order valence-electron chi connectivity index (χ1n) is 7.44. The molecular formula is C18H18FNO4. The van der Waals surface area contributed by atoms with E-state index in [9.17, 15) is 14.0 Å². The first-order valence-corrected chi connectivity index (χ1v) is 7.44. The van der Waals surface area contributed by atoms with Crippen molar-refractivity contribution in [2.45, 2.75) is 6.42 Å². The maximum Gasteiger partial charge on any atom is 0.338 e. The number of benzene rings is 2. The van der Waals surface area contributed by atoms with Crippen molar-refractivity contribution in [3.8, 4) is 0 Å². The summed E-state index contributed by atoms with van der Waals surface area (Å²) in [6, 6.07) is 12.4. The number of methoxy groups -OCH3 is 1. The summed E-state index contributed by atoms with van der Waals surface area (Å²) in [7, 11) is 1.54. The van der Waals surface area contributed by atoms with Gasteiger partial charge in [-0.2, -0.15) is 0 Å². The van der Waals surface area contributed by atoms with Crippen LogP contribution in [0.4, 0.5) is 10.1 Å². The summed E-state index contributed by atoms with van der Waals surface area (Å²) in [5, 5.41) is 9.08. The number of carbonyl (C=O) groups excluding carboxylic acids is 1. The average Bonchev–Trinajstić information content (AvgIpc) is 2.59. The second kappa shape index (κ2) is 8.21. The van der Waals surface area contributed by atoms with Crippen LogP contribution >= 0.6 is 0 Å². The molecule has 2 aromatic rings. The van der Waals surface area contributed by atoms with Crippen LogP contribution in [0.1, 0.15) is 27.1 Å². The van der Waals surface area contributed by atoms with Gasteiger partial charge >= 0.3 is 5.97 Å². The normalized spacial score (nSPS) is 10.4. The highest BCUT2D eigenvalue weighted by Crippen LogP contribution is 2.24. The van der Waals surface area contributed by atoms with Crippen molar-refractivity contribution in [1.29, 1.82) is 0 Å². The molecule has 0 saturated carbocycles. The van der Waals surface area contributed by atoms with E-state index in [0.717, 1.165) is 0 Å². The van der Waals surface area contributed by atoms with Crippen molar-refractivity contribution in [1.82, 2.24) is 0 Å². The summed E-state index contributed by atoms with van der Waals surface area (Å²) in [6.45, 7) is 0.611. The van der Waals surface area contributed by atoms with Gasteiger partial charge in [-0.15, -0.1) is 0 Å². The topological polar surface area (TPSA) is 66.8 Å². The fourth-order valence-electron chi connectivity index (χ4n) is 2.33. The largest absolute Gasteiger partial charge is 0.478 e. The third kappa shape index (κ3) is 3.97. The highest BCUT2D eigenvalue weighted by Gasteiger charge is 2.23. The lowest BCUT2D eigenvalue weighted by Crippen LogP contribution is -2.33. The number of hydrogen-bond donors (Lipinski definition) is 1. The van der Waals surface area contributed by atoms with E-state index < -0.39 is 23.3 Å². The molecule has 0 bridgehead atoms. The number of carboxylic acid groups (broad SMARTS) is 1. The van der Waals surface area contributed by atoms with E-state index >= 15 is 0 Å². The molecule has 0 radical (unpaired) electrons. The Bertz CT molecular complexity index is 718. The van der Waals surface area contributed by atoms with Crippen LogP contribution in [-0.2, 0) is 4.74 Å². The lowest BCUT2D eigenvalue weighted by molar-refractivity contribution is 0.0691. The molecule has 2 aromatic carbocycles. The third-order valence-electron chi connectivity index (χ3n) is 3.50. The molecule has 5 nitrogen and oxygen atoms in total. The monoisotopic (exact) mass is 331 g/mol. The highest BCUT2D eigenvalue weighted by atomic mass is 19.1. The Morgan fingerprint density at radius 1 is 1.12 bits per heavy atom. The highest BCUT2D eigenvalue weighted by molar-refractivity contribution is 6.06. The lowest BCUT2D eigenvalue weighted by atomic mass is 10.1. The van der Waals surface area contributed by atoms with E-state index in [1.807, 2.05) is 0 Å². The summed E-state index contributed by atoms with van der Waals surface area (Å²) in [4.78, 5) is 25.1. The van der Waals surface area contributed by atoms with E-state index in [2.05, 4.69) is 0 Å². The second-order valence-corrected chi connectivity index (χ2v) is 5.11. The number of carboxylic acids is 1. The van der Waals surface area contributed by atoms with E-state index in [1.54, 1.807) is 30.3 Å². The minimum atomic E-state index is -1.38. The van der Waals surface area contributed by atoms with E-state index in [1.165, 1.54) is 30.2 Å². The van der Waals surface area contributed by atoms with Gasteiger partial charge < -0.3 is 14.7 Å². The molecule has 0 fully saturated rings. The molecule has 0 unspecified atom stereocenters. The molecule has 0 aliphatic heterocycles. The molecule has 1 N–H and O–H groups in total. The zero-order valence-corrected chi connectivity index (χ0v) is 13.2. The molecule has 0 heterocycles. The molecule has 0 spiro atoms. The number of rotatable bonds is 7. The number of ether oxygens (including phenoxy) is 1. The smallest absolute Gasteiger partial charge is 0.338 e. The molecule has 0 saturated heterocycles. The first-order chi connectivity index (χ1) is 11.6. The average molecular weight is 331 g/mol. The Kier molecular flexibility index (Phi) is 6.03. The summed E-state index contributed by atoms with van der Waals surface area (Å²) >= 11 is 0. The molecule has 126 valence electrons. The van der Waals surface area contributed by atoms with Gasteiger partial charge in [-0.1, -0.05) is 24.3 Å². The molecule has 0 aliphatic carbocycles. The Balaban J connectivity index is 2.41. The molecular weight excluding hydrogens is 313 g/mol. The molecule has 0 aromatic heterocycles. The summed E-state index contributed by atoms with van der Waals surface area (Å²) < 4.78 is 19.5. The number of nitrogens with zero attached hydrogens (tertiary/aromatic N) is 1. The molecule has 6 heteroatoms. The van der Waals surface area contributed by atoms with Gasteiger partial charge in [-0.05, 0) is 30.7 Å². The number of hydrogen-bond acceptors (Lipinski definition) is 3. The summed E-state index contributed by atoms with van der Waals surface area (Å²) in [5.74, 6) is -2.70.